The first kappa shape index (κ1) is 24.7. The molecule has 0 saturated heterocycles. The third kappa shape index (κ3) is 6.52. The molecule has 0 spiro atoms. The molecule has 0 heterocycles. The lowest BCUT2D eigenvalue weighted by atomic mass is 10.1. The summed E-state index contributed by atoms with van der Waals surface area (Å²) < 4.78 is 57.2. The minimum absolute atomic E-state index is 0.00320. The van der Waals surface area contributed by atoms with Gasteiger partial charge in [-0.1, -0.05) is 37.6 Å². The summed E-state index contributed by atoms with van der Waals surface area (Å²) in [5, 5.41) is 0.329. The lowest BCUT2D eigenvalue weighted by molar-refractivity contribution is -0.135. The Kier molecular flexibility index (Phi) is 7.71. The summed E-state index contributed by atoms with van der Waals surface area (Å²) in [6.45, 7) is 3.67. The van der Waals surface area contributed by atoms with Gasteiger partial charge in [-0.15, -0.1) is 0 Å². The molecule has 1 amide bonds. The topological polar surface area (TPSA) is 63.7 Å². The van der Waals surface area contributed by atoms with Gasteiger partial charge in [0.25, 0.3) is 0 Å². The van der Waals surface area contributed by atoms with Crippen molar-refractivity contribution < 1.29 is 26.2 Å². The number of benzene rings is 3. The van der Waals surface area contributed by atoms with Crippen LogP contribution in [-0.4, -0.2) is 19.2 Å². The first-order valence-corrected chi connectivity index (χ1v) is 11.9. The molecule has 33 heavy (non-hydrogen) atoms. The summed E-state index contributed by atoms with van der Waals surface area (Å²) in [6, 6.07) is 14.4. The van der Waals surface area contributed by atoms with Crippen LogP contribution in [0.1, 0.15) is 25.0 Å². The van der Waals surface area contributed by atoms with Crippen LogP contribution in [0, 0.1) is 17.6 Å². The second kappa shape index (κ2) is 10.3. The molecule has 0 N–H and O–H groups in total. The Labute approximate surface area is 196 Å². The summed E-state index contributed by atoms with van der Waals surface area (Å²) in [6.07, 6.45) is 0. The normalized spacial score (nSPS) is 11.5. The van der Waals surface area contributed by atoms with Crippen molar-refractivity contribution in [3.8, 4) is 5.75 Å². The average molecular weight is 494 g/mol. The summed E-state index contributed by atoms with van der Waals surface area (Å²) in [4.78, 5) is 14.2. The van der Waals surface area contributed by atoms with Crippen molar-refractivity contribution in [2.24, 2.45) is 5.92 Å². The van der Waals surface area contributed by atoms with E-state index in [2.05, 4.69) is 0 Å². The van der Waals surface area contributed by atoms with E-state index in [-0.39, 0.29) is 35.6 Å². The third-order valence-corrected chi connectivity index (χ3v) is 6.26. The van der Waals surface area contributed by atoms with Crippen molar-refractivity contribution in [1.29, 1.82) is 0 Å². The van der Waals surface area contributed by atoms with E-state index in [1.807, 2.05) is 0 Å². The van der Waals surface area contributed by atoms with E-state index in [4.69, 9.17) is 15.8 Å². The van der Waals surface area contributed by atoms with Crippen molar-refractivity contribution in [3.63, 3.8) is 0 Å². The van der Waals surface area contributed by atoms with Crippen LogP contribution in [-0.2, 0) is 28.0 Å². The van der Waals surface area contributed by atoms with E-state index in [0.29, 0.717) is 16.1 Å². The molecular formula is C24H22ClF2NO4S. The summed E-state index contributed by atoms with van der Waals surface area (Å²) in [5.41, 5.74) is 1.07. The number of hydrogen-bond acceptors (Lipinski definition) is 4. The molecule has 3 aromatic carbocycles. The zero-order valence-corrected chi connectivity index (χ0v) is 19.5. The van der Waals surface area contributed by atoms with Gasteiger partial charge in [0.2, 0.25) is 5.91 Å². The van der Waals surface area contributed by atoms with Gasteiger partial charge < -0.3 is 9.08 Å². The molecule has 0 atom stereocenters. The predicted octanol–water partition coefficient (Wildman–Crippen LogP) is 5.57. The first-order chi connectivity index (χ1) is 15.5. The average Bonchev–Trinajstić information content (AvgIpc) is 2.76. The number of hydrogen-bond donors (Lipinski definition) is 0. The molecule has 174 valence electrons. The van der Waals surface area contributed by atoms with Gasteiger partial charge in [0.15, 0.2) is 0 Å². The Hall–Kier alpha value is -2.97. The number of carbonyl (C=O) groups is 1. The zero-order valence-electron chi connectivity index (χ0n) is 18.0. The van der Waals surface area contributed by atoms with Gasteiger partial charge in [0, 0.05) is 29.6 Å². The molecule has 0 unspecified atom stereocenters. The van der Waals surface area contributed by atoms with Crippen molar-refractivity contribution in [2.45, 2.75) is 31.8 Å². The van der Waals surface area contributed by atoms with E-state index < -0.39 is 21.8 Å². The minimum Gasteiger partial charge on any atom is -0.379 e. The Bertz CT molecular complexity index is 1230. The molecule has 0 aliphatic carbocycles. The maximum atomic E-state index is 13.3. The molecule has 0 aliphatic heterocycles. The highest BCUT2D eigenvalue weighted by Crippen LogP contribution is 2.28. The molecular weight excluding hydrogens is 472 g/mol. The maximum absolute atomic E-state index is 13.3. The fourth-order valence-electron chi connectivity index (χ4n) is 3.11. The van der Waals surface area contributed by atoms with Crippen LogP contribution in [0.15, 0.2) is 71.6 Å². The van der Waals surface area contributed by atoms with Crippen LogP contribution in [0.4, 0.5) is 8.78 Å². The Balaban J connectivity index is 1.93. The standard InChI is InChI=1S/C24H22ClF2NO4S/c1-16(2)24(29)28(14-17-3-6-20(26)7-4-17)15-18-13-19(25)5-12-23(18)32-33(30,31)22-10-8-21(27)9-11-22/h3-13,16H,14-15H2,1-2H3. The second-order valence-electron chi connectivity index (χ2n) is 7.72. The van der Waals surface area contributed by atoms with E-state index >= 15 is 0 Å². The number of amides is 1. The highest BCUT2D eigenvalue weighted by Gasteiger charge is 2.23. The number of carbonyl (C=O) groups excluding carboxylic acids is 1. The summed E-state index contributed by atoms with van der Waals surface area (Å²) >= 11 is 6.13. The predicted molar refractivity (Wildman–Crippen MR) is 121 cm³/mol. The first-order valence-electron chi connectivity index (χ1n) is 10.1. The molecule has 0 radical (unpaired) electrons. The fraction of sp³-hybridized carbons (Fsp3) is 0.208. The maximum Gasteiger partial charge on any atom is 0.339 e. The molecule has 0 aromatic heterocycles. The molecule has 0 bridgehead atoms. The van der Waals surface area contributed by atoms with Crippen LogP contribution in [0.2, 0.25) is 5.02 Å². The monoisotopic (exact) mass is 493 g/mol. The molecule has 5 nitrogen and oxygen atoms in total. The van der Waals surface area contributed by atoms with E-state index in [1.165, 1.54) is 35.2 Å². The quantitative estimate of drug-likeness (QED) is 0.385. The molecule has 9 heteroatoms. The SMILES string of the molecule is CC(C)C(=O)N(Cc1ccc(F)cc1)Cc1cc(Cl)ccc1OS(=O)(=O)c1ccc(F)cc1. The third-order valence-electron chi connectivity index (χ3n) is 4.78. The highest BCUT2D eigenvalue weighted by molar-refractivity contribution is 7.87. The number of rotatable bonds is 8. The van der Waals surface area contributed by atoms with Gasteiger partial charge >= 0.3 is 10.1 Å². The van der Waals surface area contributed by atoms with Crippen LogP contribution in [0.25, 0.3) is 0 Å². The molecule has 3 aromatic rings. The van der Waals surface area contributed by atoms with Crippen LogP contribution in [0.3, 0.4) is 0 Å². The Morgan fingerprint density at radius 1 is 0.939 bits per heavy atom. The lowest BCUT2D eigenvalue weighted by Gasteiger charge is -2.26. The fourth-order valence-corrected chi connectivity index (χ4v) is 4.27. The molecule has 0 saturated carbocycles. The van der Waals surface area contributed by atoms with Crippen molar-refractivity contribution in [2.75, 3.05) is 0 Å². The van der Waals surface area contributed by atoms with Gasteiger partial charge in [0.05, 0.1) is 0 Å². The largest absolute Gasteiger partial charge is 0.379 e. The Morgan fingerprint density at radius 2 is 1.52 bits per heavy atom. The van der Waals surface area contributed by atoms with Gasteiger partial charge in [-0.3, -0.25) is 4.79 Å². The van der Waals surface area contributed by atoms with Gasteiger partial charge in [-0.25, -0.2) is 8.78 Å². The van der Waals surface area contributed by atoms with Crippen molar-refractivity contribution in [1.82, 2.24) is 4.90 Å². The molecule has 0 fully saturated rings. The van der Waals surface area contributed by atoms with Crippen LogP contribution in [0.5, 0.6) is 5.75 Å². The van der Waals surface area contributed by atoms with Crippen molar-refractivity contribution >= 4 is 27.6 Å². The van der Waals surface area contributed by atoms with E-state index in [9.17, 15) is 22.0 Å². The second-order valence-corrected chi connectivity index (χ2v) is 9.70. The molecule has 3 rings (SSSR count). The smallest absolute Gasteiger partial charge is 0.339 e. The van der Waals surface area contributed by atoms with Gasteiger partial charge in [-0.05, 0) is 60.2 Å². The van der Waals surface area contributed by atoms with Gasteiger partial charge in [0.1, 0.15) is 22.3 Å². The Morgan fingerprint density at radius 3 is 2.09 bits per heavy atom. The molecule has 0 aliphatic rings. The number of halogens is 3. The van der Waals surface area contributed by atoms with Crippen LogP contribution < -0.4 is 4.18 Å². The van der Waals surface area contributed by atoms with E-state index in [0.717, 1.165) is 24.3 Å². The van der Waals surface area contributed by atoms with E-state index in [1.54, 1.807) is 26.0 Å². The highest BCUT2D eigenvalue weighted by atomic mass is 35.5. The number of nitrogens with zero attached hydrogens (tertiary/aromatic N) is 1. The van der Waals surface area contributed by atoms with Gasteiger partial charge in [-0.2, -0.15) is 8.42 Å². The zero-order chi connectivity index (χ0) is 24.2. The van der Waals surface area contributed by atoms with Crippen molar-refractivity contribution in [3.05, 3.63) is 94.5 Å². The summed E-state index contributed by atoms with van der Waals surface area (Å²) in [5.74, 6) is -1.50. The summed E-state index contributed by atoms with van der Waals surface area (Å²) in [7, 11) is -4.26. The minimum atomic E-state index is -4.26. The van der Waals surface area contributed by atoms with Crippen LogP contribution >= 0.6 is 11.6 Å². The lowest BCUT2D eigenvalue weighted by Crippen LogP contribution is -2.33.